The molecule has 35 heavy (non-hydrogen) atoms. The van der Waals surface area contributed by atoms with E-state index in [0.29, 0.717) is 66.5 Å². The van der Waals surface area contributed by atoms with Gasteiger partial charge in [0.05, 0.1) is 24.4 Å². The fourth-order valence-electron chi connectivity index (χ4n) is 10.1. The maximum absolute atomic E-state index is 13.4. The summed E-state index contributed by atoms with van der Waals surface area (Å²) in [5.41, 5.74) is 0.0387. The van der Waals surface area contributed by atoms with Crippen molar-refractivity contribution >= 4 is 12.9 Å². The van der Waals surface area contributed by atoms with E-state index in [2.05, 4.69) is 41.5 Å². The third kappa shape index (κ3) is 3.99. The number of carbonyl (C=O) groups is 1. The number of aliphatic hydroxyl groups is 2. The third-order valence-electron chi connectivity index (χ3n) is 12.3. The maximum atomic E-state index is 13.4. The van der Waals surface area contributed by atoms with Crippen molar-refractivity contribution in [3.8, 4) is 0 Å². The van der Waals surface area contributed by atoms with Crippen molar-refractivity contribution in [2.24, 2.45) is 58.2 Å². The average molecular weight is 489 g/mol. The SMILES string of the molecule is CB1O[C@H]([C@@H](C)[C@H]2CC[C@H]3[C@@H]4CC(=O)[C@H]5C[C@@H](O)[C@H](O)C[C@]5(C)[C@H]4CC[C@]23C)[C@@H]([C@H](C)C(C)C)O1. The van der Waals surface area contributed by atoms with Crippen LogP contribution in [0.15, 0.2) is 0 Å². The summed E-state index contributed by atoms with van der Waals surface area (Å²) in [5.74, 6) is 3.69. The number of hydrogen-bond donors (Lipinski definition) is 2. The highest BCUT2D eigenvalue weighted by Crippen LogP contribution is 2.68. The van der Waals surface area contributed by atoms with E-state index in [0.717, 1.165) is 6.42 Å². The third-order valence-corrected chi connectivity index (χ3v) is 12.3. The van der Waals surface area contributed by atoms with E-state index < -0.39 is 12.2 Å². The minimum atomic E-state index is -0.753. The zero-order chi connectivity index (χ0) is 25.4. The lowest BCUT2D eigenvalue weighted by Gasteiger charge is -2.61. The first-order valence-corrected chi connectivity index (χ1v) is 14.6. The zero-order valence-corrected chi connectivity index (χ0v) is 23.1. The van der Waals surface area contributed by atoms with Crippen LogP contribution in [0.5, 0.6) is 0 Å². The molecule has 1 heterocycles. The Balaban J connectivity index is 1.38. The Kier molecular flexibility index (Phi) is 6.81. The molecule has 0 radical (unpaired) electrons. The Morgan fingerprint density at radius 2 is 1.60 bits per heavy atom. The van der Waals surface area contributed by atoms with E-state index in [9.17, 15) is 15.0 Å². The minimum Gasteiger partial charge on any atom is -0.406 e. The van der Waals surface area contributed by atoms with E-state index >= 15 is 0 Å². The molecule has 0 aromatic heterocycles. The molecule has 0 amide bonds. The average Bonchev–Trinajstić information content (AvgIpc) is 3.34. The van der Waals surface area contributed by atoms with Gasteiger partial charge < -0.3 is 19.5 Å². The van der Waals surface area contributed by atoms with Crippen molar-refractivity contribution in [1.29, 1.82) is 0 Å². The Hall–Kier alpha value is -0.425. The van der Waals surface area contributed by atoms with Gasteiger partial charge in [-0.25, -0.2) is 0 Å². The second-order valence-corrected chi connectivity index (χ2v) is 14.1. The van der Waals surface area contributed by atoms with Crippen molar-refractivity contribution < 1.29 is 24.3 Å². The quantitative estimate of drug-likeness (QED) is 0.546. The number of Topliss-reactive ketones (excluding diaryl/α,β-unsaturated/α-hetero) is 1. The summed E-state index contributed by atoms with van der Waals surface area (Å²) in [6, 6.07) is 0. The molecule has 13 atom stereocenters. The van der Waals surface area contributed by atoms with Crippen LogP contribution in [-0.2, 0) is 14.1 Å². The molecule has 1 aliphatic heterocycles. The van der Waals surface area contributed by atoms with Crippen LogP contribution in [0.25, 0.3) is 0 Å². The molecule has 2 N–H and O–H groups in total. The molecule has 0 aromatic rings. The van der Waals surface area contributed by atoms with Gasteiger partial charge in [-0.3, -0.25) is 4.79 Å². The molecule has 0 unspecified atom stereocenters. The molecule has 5 nitrogen and oxygen atoms in total. The molecule has 198 valence electrons. The normalized spacial score (nSPS) is 51.7. The Labute approximate surface area is 213 Å². The number of hydrogen-bond acceptors (Lipinski definition) is 5. The van der Waals surface area contributed by atoms with E-state index in [4.69, 9.17) is 9.31 Å². The van der Waals surface area contributed by atoms with Gasteiger partial charge in [-0.15, -0.1) is 0 Å². The van der Waals surface area contributed by atoms with Gasteiger partial charge in [0, 0.05) is 12.3 Å². The summed E-state index contributed by atoms with van der Waals surface area (Å²) in [6.07, 6.45) is 5.22. The van der Waals surface area contributed by atoms with E-state index in [1.165, 1.54) is 19.3 Å². The van der Waals surface area contributed by atoms with Crippen LogP contribution in [0.1, 0.15) is 86.5 Å². The minimum absolute atomic E-state index is 0.0913. The second-order valence-electron chi connectivity index (χ2n) is 14.1. The van der Waals surface area contributed by atoms with E-state index in [-0.39, 0.29) is 36.1 Å². The molecule has 4 saturated carbocycles. The largest absolute Gasteiger partial charge is 0.454 e. The monoisotopic (exact) mass is 488 g/mol. The predicted octanol–water partition coefficient (Wildman–Crippen LogP) is 4.99. The second kappa shape index (κ2) is 9.10. The van der Waals surface area contributed by atoms with Crippen molar-refractivity contribution in [1.82, 2.24) is 0 Å². The van der Waals surface area contributed by atoms with Crippen molar-refractivity contribution in [2.45, 2.75) is 118 Å². The van der Waals surface area contributed by atoms with Gasteiger partial charge in [-0.2, -0.15) is 0 Å². The lowest BCUT2D eigenvalue weighted by Crippen LogP contribution is -2.59. The molecule has 0 spiro atoms. The Morgan fingerprint density at radius 3 is 2.29 bits per heavy atom. The van der Waals surface area contributed by atoms with Gasteiger partial charge in [0.1, 0.15) is 5.78 Å². The highest BCUT2D eigenvalue weighted by molar-refractivity contribution is 6.43. The Bertz CT molecular complexity index is 819. The summed E-state index contributed by atoms with van der Waals surface area (Å²) in [4.78, 5) is 13.4. The van der Waals surface area contributed by atoms with Gasteiger partial charge in [0.25, 0.3) is 0 Å². The van der Waals surface area contributed by atoms with Gasteiger partial charge in [0.2, 0.25) is 0 Å². The molecule has 5 aliphatic rings. The molecule has 1 saturated heterocycles. The summed E-state index contributed by atoms with van der Waals surface area (Å²) >= 11 is 0. The van der Waals surface area contributed by atoms with Crippen molar-refractivity contribution in [2.75, 3.05) is 0 Å². The first kappa shape index (κ1) is 26.2. The fraction of sp³-hybridized carbons (Fsp3) is 0.966. The van der Waals surface area contributed by atoms with Crippen LogP contribution in [-0.4, -0.2) is 47.5 Å². The number of rotatable bonds is 4. The van der Waals surface area contributed by atoms with Crippen LogP contribution in [0, 0.1) is 58.2 Å². The first-order chi connectivity index (χ1) is 16.4. The number of carbonyl (C=O) groups excluding carboxylic acids is 1. The smallest absolute Gasteiger partial charge is 0.406 e. The van der Waals surface area contributed by atoms with Crippen LogP contribution in [0.3, 0.4) is 0 Å². The molecule has 6 heteroatoms. The predicted molar refractivity (Wildman–Crippen MR) is 138 cm³/mol. The van der Waals surface area contributed by atoms with Gasteiger partial charge in [0.15, 0.2) is 0 Å². The molecule has 0 bridgehead atoms. The first-order valence-electron chi connectivity index (χ1n) is 14.6. The van der Waals surface area contributed by atoms with Crippen LogP contribution >= 0.6 is 0 Å². The molecule has 5 fully saturated rings. The highest BCUT2D eigenvalue weighted by Gasteiger charge is 2.64. The fourth-order valence-corrected chi connectivity index (χ4v) is 10.1. The van der Waals surface area contributed by atoms with Gasteiger partial charge in [-0.05, 0) is 97.6 Å². The highest BCUT2D eigenvalue weighted by atomic mass is 16.7. The molecule has 5 rings (SSSR count). The van der Waals surface area contributed by atoms with Crippen LogP contribution in [0.2, 0.25) is 6.82 Å². The number of aliphatic hydroxyl groups excluding tert-OH is 2. The standard InChI is InChI=1S/C29H49BO5/c1-15(2)16(3)26-27(35-30(7)34-26)17(4)19-8-9-20-18-12-23(31)22-13-24(32)25(33)14-29(22,6)21(18)10-11-28(19,20)5/h15-22,24-27,32-33H,8-14H2,1-7H3/t16-,17+,18+,19-,20+,21+,22-,24-,25-,26-,27-,28-,29-/m1/s1. The van der Waals surface area contributed by atoms with Gasteiger partial charge in [-0.1, -0.05) is 41.5 Å². The maximum Gasteiger partial charge on any atom is 0.454 e. The lowest BCUT2D eigenvalue weighted by molar-refractivity contribution is -0.174. The topological polar surface area (TPSA) is 76.0 Å². The van der Waals surface area contributed by atoms with Crippen LogP contribution in [0.4, 0.5) is 0 Å². The molecular weight excluding hydrogens is 439 g/mol. The molecule has 4 aliphatic carbocycles. The zero-order valence-electron chi connectivity index (χ0n) is 23.1. The summed E-state index contributed by atoms with van der Waals surface area (Å²) < 4.78 is 12.8. The summed E-state index contributed by atoms with van der Waals surface area (Å²) in [6.45, 7) is 16.1. The lowest BCUT2D eigenvalue weighted by atomic mass is 9.44. The van der Waals surface area contributed by atoms with Crippen molar-refractivity contribution in [3.05, 3.63) is 0 Å². The number of fused-ring (bicyclic) bond motifs is 5. The van der Waals surface area contributed by atoms with Crippen molar-refractivity contribution in [3.63, 3.8) is 0 Å². The summed E-state index contributed by atoms with van der Waals surface area (Å²) in [5, 5.41) is 20.9. The van der Waals surface area contributed by atoms with E-state index in [1.807, 2.05) is 6.82 Å². The molecular formula is C29H49BO5. The summed E-state index contributed by atoms with van der Waals surface area (Å²) in [7, 11) is -0.143. The van der Waals surface area contributed by atoms with E-state index in [1.54, 1.807) is 0 Å². The molecule has 0 aromatic carbocycles. The van der Waals surface area contributed by atoms with Gasteiger partial charge >= 0.3 is 7.12 Å². The number of ketones is 1. The Morgan fingerprint density at radius 1 is 0.943 bits per heavy atom. The van der Waals surface area contributed by atoms with Crippen LogP contribution < -0.4 is 0 Å².